The zero-order valence-corrected chi connectivity index (χ0v) is 17.7. The van der Waals surface area contributed by atoms with Gasteiger partial charge in [0.15, 0.2) is 0 Å². The Labute approximate surface area is 184 Å². The summed E-state index contributed by atoms with van der Waals surface area (Å²) in [6, 6.07) is 19.5. The van der Waals surface area contributed by atoms with Crippen molar-refractivity contribution in [2.45, 2.75) is 12.6 Å². The molecule has 4 rings (SSSR count). The number of amides is 1. The summed E-state index contributed by atoms with van der Waals surface area (Å²) < 4.78 is 3.35. The molecule has 4 aromatic rings. The summed E-state index contributed by atoms with van der Waals surface area (Å²) in [7, 11) is 1.88. The van der Waals surface area contributed by atoms with E-state index in [2.05, 4.69) is 10.3 Å². The molecule has 1 atom stereocenters. The number of hydrogen-bond acceptors (Lipinski definition) is 3. The molecule has 0 fully saturated rings. The fourth-order valence-electron chi connectivity index (χ4n) is 3.41. The number of carbonyl (C=O) groups excluding carboxylic acids is 1. The molecule has 1 N–H and O–H groups in total. The van der Waals surface area contributed by atoms with Crippen LogP contribution in [-0.2, 0) is 13.6 Å². The number of benzene rings is 2. The number of rotatable bonds is 6. The maximum absolute atomic E-state index is 13.1. The molecule has 0 aliphatic rings. The van der Waals surface area contributed by atoms with Gasteiger partial charge < -0.3 is 14.5 Å². The van der Waals surface area contributed by atoms with Crippen LogP contribution in [0.1, 0.15) is 33.4 Å². The van der Waals surface area contributed by atoms with E-state index in [1.165, 1.54) is 16.7 Å². The number of nitrogens with one attached hydrogen (secondary N) is 1. The van der Waals surface area contributed by atoms with Crippen LogP contribution in [0.3, 0.4) is 0 Å². The topological polar surface area (TPSA) is 68.9 Å². The minimum Gasteiger partial charge on any atom is -0.338 e. The zero-order chi connectivity index (χ0) is 21.8. The number of nitrogens with zero attached hydrogens (tertiary/aromatic N) is 3. The van der Waals surface area contributed by atoms with Crippen LogP contribution in [0.4, 0.5) is 0 Å². The Morgan fingerprint density at radius 1 is 1.06 bits per heavy atom. The highest BCUT2D eigenvalue weighted by molar-refractivity contribution is 6.31. The van der Waals surface area contributed by atoms with Crippen molar-refractivity contribution in [3.05, 3.63) is 123 Å². The van der Waals surface area contributed by atoms with Crippen LogP contribution in [0.15, 0.2) is 90.1 Å². The molecule has 0 spiro atoms. The summed E-state index contributed by atoms with van der Waals surface area (Å²) in [6.45, 7) is 0.279. The highest BCUT2D eigenvalue weighted by atomic mass is 35.5. The van der Waals surface area contributed by atoms with Crippen molar-refractivity contribution < 1.29 is 4.79 Å². The molecule has 7 heteroatoms. The summed E-state index contributed by atoms with van der Waals surface area (Å²) in [6.07, 6.45) is 5.09. The smallest absolute Gasteiger partial charge is 0.253 e. The fourth-order valence-corrected chi connectivity index (χ4v) is 3.61. The lowest BCUT2D eigenvalue weighted by atomic mass is 10.1. The molecule has 31 heavy (non-hydrogen) atoms. The maximum Gasteiger partial charge on any atom is 0.253 e. The van der Waals surface area contributed by atoms with Crippen molar-refractivity contribution in [3.63, 3.8) is 0 Å². The summed E-state index contributed by atoms with van der Waals surface area (Å²) in [4.78, 5) is 29.9. The second-order valence-electron chi connectivity index (χ2n) is 7.19. The normalized spacial score (nSPS) is 11.8. The summed E-state index contributed by atoms with van der Waals surface area (Å²) in [5, 5.41) is 3.62. The third-order valence-electron chi connectivity index (χ3n) is 5.07. The lowest BCUT2D eigenvalue weighted by Gasteiger charge is -2.19. The van der Waals surface area contributed by atoms with E-state index in [-0.39, 0.29) is 18.0 Å². The van der Waals surface area contributed by atoms with Crippen molar-refractivity contribution in [2.75, 3.05) is 0 Å². The fraction of sp³-hybridized carbons (Fsp3) is 0.125. The Balaban J connectivity index is 1.63. The van der Waals surface area contributed by atoms with E-state index in [0.29, 0.717) is 16.4 Å². The first-order valence-corrected chi connectivity index (χ1v) is 10.2. The first kappa shape index (κ1) is 20.6. The van der Waals surface area contributed by atoms with Crippen LogP contribution in [0.25, 0.3) is 0 Å². The molecule has 0 bridgehead atoms. The van der Waals surface area contributed by atoms with Crippen LogP contribution in [0.2, 0.25) is 5.02 Å². The summed E-state index contributed by atoms with van der Waals surface area (Å²) in [5.41, 5.74) is 1.88. The summed E-state index contributed by atoms with van der Waals surface area (Å²) >= 11 is 6.23. The number of carbonyl (C=O) groups is 1. The van der Waals surface area contributed by atoms with Crippen LogP contribution < -0.4 is 10.9 Å². The Morgan fingerprint density at radius 3 is 2.52 bits per heavy atom. The number of imidazole rings is 1. The maximum atomic E-state index is 13.1. The van der Waals surface area contributed by atoms with E-state index in [4.69, 9.17) is 11.6 Å². The predicted molar refractivity (Wildman–Crippen MR) is 120 cm³/mol. The Bertz CT molecular complexity index is 1260. The first-order valence-electron chi connectivity index (χ1n) is 9.80. The lowest BCUT2D eigenvalue weighted by Crippen LogP contribution is -2.32. The van der Waals surface area contributed by atoms with Gasteiger partial charge in [-0.15, -0.1) is 0 Å². The van der Waals surface area contributed by atoms with Gasteiger partial charge in [0.05, 0.1) is 12.1 Å². The second-order valence-corrected chi connectivity index (χ2v) is 7.60. The van der Waals surface area contributed by atoms with Crippen LogP contribution >= 0.6 is 11.6 Å². The van der Waals surface area contributed by atoms with Crippen molar-refractivity contribution in [3.8, 4) is 0 Å². The minimum absolute atomic E-state index is 0.208. The average Bonchev–Trinajstić information content (AvgIpc) is 3.21. The zero-order valence-electron chi connectivity index (χ0n) is 16.9. The molecule has 1 unspecified atom stereocenters. The monoisotopic (exact) mass is 432 g/mol. The van der Waals surface area contributed by atoms with Gasteiger partial charge in [0, 0.05) is 36.7 Å². The molecular formula is C24H21ClN4O2. The molecular weight excluding hydrogens is 412 g/mol. The minimum atomic E-state index is -0.433. The molecule has 0 aliphatic carbocycles. The van der Waals surface area contributed by atoms with Gasteiger partial charge >= 0.3 is 0 Å². The molecule has 0 aliphatic heterocycles. The van der Waals surface area contributed by atoms with Gasteiger partial charge in [0.1, 0.15) is 11.9 Å². The molecule has 0 radical (unpaired) electrons. The largest absolute Gasteiger partial charge is 0.338 e. The lowest BCUT2D eigenvalue weighted by molar-refractivity contribution is 0.0940. The third kappa shape index (κ3) is 4.59. The van der Waals surface area contributed by atoms with Crippen LogP contribution in [0.5, 0.6) is 0 Å². The Morgan fingerprint density at radius 2 is 1.81 bits per heavy atom. The average molecular weight is 433 g/mol. The standard InChI is InChI=1S/C24H21ClN4O2/c1-28-14-13-26-23(28)22(17-7-3-2-4-8-17)27-24(31)19-11-12-21(30)29(16-19)15-18-9-5-6-10-20(18)25/h2-14,16,22H,15H2,1H3,(H,27,31). The van der Waals surface area contributed by atoms with Crippen molar-refractivity contribution in [1.82, 2.24) is 19.4 Å². The van der Waals surface area contributed by atoms with Crippen LogP contribution in [0, 0.1) is 0 Å². The van der Waals surface area contributed by atoms with Gasteiger partial charge in [0.2, 0.25) is 0 Å². The molecule has 2 aromatic carbocycles. The van der Waals surface area contributed by atoms with Gasteiger partial charge in [-0.2, -0.15) is 0 Å². The van der Waals surface area contributed by atoms with E-state index in [9.17, 15) is 9.59 Å². The van der Waals surface area contributed by atoms with Gasteiger partial charge in [-0.25, -0.2) is 4.98 Å². The van der Waals surface area contributed by atoms with E-state index in [0.717, 1.165) is 11.1 Å². The molecule has 6 nitrogen and oxygen atoms in total. The molecule has 2 aromatic heterocycles. The SMILES string of the molecule is Cn1ccnc1C(NC(=O)c1ccc(=O)n(Cc2ccccc2Cl)c1)c1ccccc1. The predicted octanol–water partition coefficient (Wildman–Crippen LogP) is 3.80. The number of halogens is 1. The van der Waals surface area contributed by atoms with Gasteiger partial charge in [-0.05, 0) is 23.3 Å². The van der Waals surface area contributed by atoms with Gasteiger partial charge in [-0.3, -0.25) is 9.59 Å². The van der Waals surface area contributed by atoms with Crippen molar-refractivity contribution in [1.29, 1.82) is 0 Å². The van der Waals surface area contributed by atoms with E-state index in [1.54, 1.807) is 18.5 Å². The number of hydrogen-bond donors (Lipinski definition) is 1. The summed E-state index contributed by atoms with van der Waals surface area (Å²) in [5.74, 6) is 0.411. The number of aryl methyl sites for hydroxylation is 1. The number of pyridine rings is 1. The molecule has 2 heterocycles. The quantitative estimate of drug-likeness (QED) is 0.503. The Kier molecular flexibility index (Phi) is 6.00. The van der Waals surface area contributed by atoms with Gasteiger partial charge in [0.25, 0.3) is 11.5 Å². The molecule has 0 saturated carbocycles. The molecule has 0 saturated heterocycles. The van der Waals surface area contributed by atoms with E-state index >= 15 is 0 Å². The van der Waals surface area contributed by atoms with Gasteiger partial charge in [-0.1, -0.05) is 60.1 Å². The van der Waals surface area contributed by atoms with Crippen LogP contribution in [-0.4, -0.2) is 20.0 Å². The Hall–Kier alpha value is -3.64. The second kappa shape index (κ2) is 9.02. The van der Waals surface area contributed by atoms with E-state index < -0.39 is 6.04 Å². The molecule has 156 valence electrons. The van der Waals surface area contributed by atoms with Crippen molar-refractivity contribution >= 4 is 17.5 Å². The third-order valence-corrected chi connectivity index (χ3v) is 5.44. The highest BCUT2D eigenvalue weighted by Gasteiger charge is 2.21. The first-order chi connectivity index (χ1) is 15.0. The highest BCUT2D eigenvalue weighted by Crippen LogP contribution is 2.21. The van der Waals surface area contributed by atoms with E-state index in [1.807, 2.05) is 66.3 Å². The van der Waals surface area contributed by atoms with Crippen molar-refractivity contribution in [2.24, 2.45) is 7.05 Å². The number of aromatic nitrogens is 3. The molecule has 1 amide bonds.